The van der Waals surface area contributed by atoms with E-state index >= 15 is 0 Å². The van der Waals surface area contributed by atoms with Gasteiger partial charge in [0.15, 0.2) is 0 Å². The molecule has 13 heteroatoms. The number of carbonyl (C=O) groups is 4. The van der Waals surface area contributed by atoms with E-state index in [2.05, 4.69) is 41.8 Å². The number of amides is 1. The molecule has 2 aromatic rings. The van der Waals surface area contributed by atoms with Gasteiger partial charge in [0.2, 0.25) is 5.79 Å². The number of cyclic esters (lactones) is 1. The maximum absolute atomic E-state index is 14.5. The average Bonchev–Trinajstić information content (AvgIpc) is 3.67. The molecule has 13 atom stereocenters. The van der Waals surface area contributed by atoms with Crippen molar-refractivity contribution in [1.29, 1.82) is 0 Å². The van der Waals surface area contributed by atoms with Crippen molar-refractivity contribution < 1.29 is 52.7 Å². The lowest BCUT2D eigenvalue weighted by Crippen LogP contribution is -2.64. The summed E-state index contributed by atoms with van der Waals surface area (Å²) in [5.41, 5.74) is 3.08. The summed E-state index contributed by atoms with van der Waals surface area (Å²) in [6.07, 6.45) is 10.1. The molecule has 1 amide bonds. The molecule has 1 aliphatic carbocycles. The zero-order chi connectivity index (χ0) is 47.2. The van der Waals surface area contributed by atoms with Crippen LogP contribution in [-0.2, 0) is 49.9 Å². The third-order valence-corrected chi connectivity index (χ3v) is 14.9. The Hall–Kier alpha value is -3.88. The highest BCUT2D eigenvalue weighted by Crippen LogP contribution is 2.40. The van der Waals surface area contributed by atoms with Crippen LogP contribution in [-0.4, -0.2) is 114 Å². The Balaban J connectivity index is 1.28. The molecule has 1 aromatic carbocycles. The molecule has 4 heterocycles. The Morgan fingerprint density at radius 2 is 1.63 bits per heavy atom. The lowest BCUT2D eigenvalue weighted by molar-refractivity contribution is -0.302. The lowest BCUT2D eigenvalue weighted by Gasteiger charge is -2.47. The van der Waals surface area contributed by atoms with E-state index in [4.69, 9.17) is 28.4 Å². The highest BCUT2D eigenvalue weighted by atomic mass is 16.7. The number of allylic oxidation sites excluding steroid dienone is 3. The molecule has 4 aliphatic rings. The molecular formula is C52H76N2O11. The standard InChI is InChI=1S/C52H76N2O11/c1-11-37-25-31(2)24-32(3)26-45(61-9)48-46(62-10)28-35(6)52(59,65-48)49(56)50(57)54-22-13-12-14-41(54)51(58)64-47(33(4)15-19-42(37)55)34(5)27-36-16-20-43(44(29-36)60-8)63-39-17-18-40-38(30-39)21-23-53(40)7/h17-18,21,23,25,27,30,32-33,35-37,41,43-48,59H,11-16,19-20,22,24,26,28-29H2,1-10H3. The number of nitrogens with zero attached hydrogens (tertiary/aromatic N) is 2. The zero-order valence-electron chi connectivity index (χ0n) is 40.6. The smallest absolute Gasteiger partial charge is 0.329 e. The van der Waals surface area contributed by atoms with Gasteiger partial charge in [0.25, 0.3) is 11.7 Å². The van der Waals surface area contributed by atoms with E-state index in [0.717, 1.165) is 40.6 Å². The molecule has 13 nitrogen and oxygen atoms in total. The SMILES string of the molecule is CCC1C=C(C)CC(C)CC(OC)C2OC(O)(C(=O)C(=O)N3CCCCC3C(=O)OC(C(C)=CC3CCC(Oc4ccc5c(ccn5C)c4)C(OC)C3)C(C)CCC1=O)C(C)CC2OC. The molecule has 360 valence electrons. The molecule has 0 spiro atoms. The number of carbonyl (C=O) groups excluding carboxylic acids is 4. The Morgan fingerprint density at radius 1 is 0.908 bits per heavy atom. The summed E-state index contributed by atoms with van der Waals surface area (Å²) >= 11 is 0. The first-order valence-electron chi connectivity index (χ1n) is 24.2. The predicted molar refractivity (Wildman–Crippen MR) is 248 cm³/mol. The second-order valence-electron chi connectivity index (χ2n) is 19.8. The van der Waals surface area contributed by atoms with Crippen LogP contribution in [0.1, 0.15) is 119 Å². The molecule has 0 radical (unpaired) electrons. The number of piperidine rings is 1. The van der Waals surface area contributed by atoms with Crippen LogP contribution in [0.4, 0.5) is 0 Å². The van der Waals surface area contributed by atoms with E-state index < -0.39 is 59.8 Å². The lowest BCUT2D eigenvalue weighted by atomic mass is 9.82. The van der Waals surface area contributed by atoms with Gasteiger partial charge in [-0.2, -0.15) is 0 Å². The molecule has 65 heavy (non-hydrogen) atoms. The first-order valence-corrected chi connectivity index (χ1v) is 24.2. The first-order chi connectivity index (χ1) is 31.0. The Kier molecular flexibility index (Phi) is 17.3. The fourth-order valence-electron chi connectivity index (χ4n) is 11.0. The highest BCUT2D eigenvalue weighted by Gasteiger charge is 2.56. The summed E-state index contributed by atoms with van der Waals surface area (Å²) in [6.45, 7) is 12.0. The number of fused-ring (bicyclic) bond motifs is 4. The molecule has 3 fully saturated rings. The van der Waals surface area contributed by atoms with Crippen LogP contribution >= 0.6 is 0 Å². The van der Waals surface area contributed by atoms with Crippen molar-refractivity contribution in [2.24, 2.45) is 36.6 Å². The van der Waals surface area contributed by atoms with Crippen LogP contribution < -0.4 is 4.74 Å². The van der Waals surface area contributed by atoms with E-state index in [0.29, 0.717) is 57.8 Å². The first kappa shape index (κ1) is 50.5. The highest BCUT2D eigenvalue weighted by molar-refractivity contribution is 6.39. The van der Waals surface area contributed by atoms with Crippen LogP contribution in [0.25, 0.3) is 10.9 Å². The van der Waals surface area contributed by atoms with Gasteiger partial charge in [-0.3, -0.25) is 14.4 Å². The van der Waals surface area contributed by atoms with Crippen molar-refractivity contribution in [2.45, 2.75) is 167 Å². The summed E-state index contributed by atoms with van der Waals surface area (Å²) in [4.78, 5) is 58.5. The number of esters is 1. The van der Waals surface area contributed by atoms with Gasteiger partial charge in [-0.05, 0) is 132 Å². The molecule has 2 bridgehead atoms. The second kappa shape index (κ2) is 22.3. The van der Waals surface area contributed by atoms with E-state index in [1.54, 1.807) is 28.3 Å². The Morgan fingerprint density at radius 3 is 2.34 bits per heavy atom. The van der Waals surface area contributed by atoms with Crippen molar-refractivity contribution >= 4 is 34.3 Å². The topological polar surface area (TPSA) is 152 Å². The average molecular weight is 905 g/mol. The van der Waals surface area contributed by atoms with E-state index in [1.165, 1.54) is 4.90 Å². The van der Waals surface area contributed by atoms with Gasteiger partial charge in [0, 0.05) is 70.3 Å². The number of hydrogen-bond donors (Lipinski definition) is 1. The van der Waals surface area contributed by atoms with Crippen molar-refractivity contribution in [3.05, 3.63) is 53.8 Å². The van der Waals surface area contributed by atoms with Crippen LogP contribution in [0.2, 0.25) is 0 Å². The minimum atomic E-state index is -2.47. The van der Waals surface area contributed by atoms with Gasteiger partial charge in [-0.25, -0.2) is 4.79 Å². The zero-order valence-corrected chi connectivity index (χ0v) is 40.6. The Bertz CT molecular complexity index is 2040. The molecule has 1 saturated carbocycles. The van der Waals surface area contributed by atoms with Crippen LogP contribution in [0.5, 0.6) is 5.75 Å². The summed E-state index contributed by atoms with van der Waals surface area (Å²) in [7, 11) is 6.86. The summed E-state index contributed by atoms with van der Waals surface area (Å²) < 4.78 is 39.3. The predicted octanol–water partition coefficient (Wildman–Crippen LogP) is 8.08. The second-order valence-corrected chi connectivity index (χ2v) is 19.8. The number of aromatic nitrogens is 1. The largest absolute Gasteiger partial charge is 0.488 e. The van der Waals surface area contributed by atoms with Crippen molar-refractivity contribution in [3.63, 3.8) is 0 Å². The minimum absolute atomic E-state index is 0.0861. The van der Waals surface area contributed by atoms with Gasteiger partial charge in [-0.15, -0.1) is 0 Å². The van der Waals surface area contributed by atoms with Crippen LogP contribution in [0.15, 0.2) is 53.8 Å². The number of hydrogen-bond acceptors (Lipinski definition) is 11. The van der Waals surface area contributed by atoms with Gasteiger partial charge in [0.1, 0.15) is 35.9 Å². The molecular weight excluding hydrogens is 829 g/mol. The van der Waals surface area contributed by atoms with Gasteiger partial charge < -0.3 is 43.0 Å². The number of aryl methyl sites for hydroxylation is 1. The van der Waals surface area contributed by atoms with Gasteiger partial charge in [0.05, 0.1) is 18.3 Å². The van der Waals surface area contributed by atoms with Crippen LogP contribution in [0.3, 0.4) is 0 Å². The maximum atomic E-state index is 14.5. The molecule has 2 saturated heterocycles. The molecule has 1 aromatic heterocycles. The monoisotopic (exact) mass is 905 g/mol. The fourth-order valence-corrected chi connectivity index (χ4v) is 11.0. The number of rotatable bonds is 8. The summed E-state index contributed by atoms with van der Waals surface area (Å²) in [6, 6.07) is 7.16. The molecule has 1 N–H and O–H groups in total. The number of benzene rings is 1. The number of ether oxygens (including phenoxy) is 6. The quantitative estimate of drug-likeness (QED) is 0.156. The van der Waals surface area contributed by atoms with E-state index in [-0.39, 0.29) is 54.6 Å². The van der Waals surface area contributed by atoms with E-state index in [1.807, 2.05) is 47.0 Å². The van der Waals surface area contributed by atoms with Gasteiger partial charge in [-0.1, -0.05) is 45.4 Å². The van der Waals surface area contributed by atoms with Crippen LogP contribution in [0, 0.1) is 29.6 Å². The molecule has 6 rings (SSSR count). The molecule has 3 aliphatic heterocycles. The summed E-state index contributed by atoms with van der Waals surface area (Å²) in [5.74, 6) is -5.35. The third-order valence-electron chi connectivity index (χ3n) is 14.9. The number of Topliss-reactive ketones (excluding diaryl/α,β-unsaturated/α-hetero) is 2. The molecule has 13 unspecified atom stereocenters. The van der Waals surface area contributed by atoms with Gasteiger partial charge >= 0.3 is 5.97 Å². The normalized spacial score (nSPS) is 35.5. The van der Waals surface area contributed by atoms with Crippen molar-refractivity contribution in [1.82, 2.24) is 9.47 Å². The summed E-state index contributed by atoms with van der Waals surface area (Å²) in [5, 5.41) is 13.2. The fraction of sp³-hybridized carbons (Fsp3) is 0.692. The number of methoxy groups -OCH3 is 3. The van der Waals surface area contributed by atoms with Crippen molar-refractivity contribution in [2.75, 3.05) is 27.9 Å². The number of aliphatic hydroxyl groups is 1. The van der Waals surface area contributed by atoms with Crippen molar-refractivity contribution in [3.8, 4) is 5.75 Å². The Labute approximate surface area is 386 Å². The van der Waals surface area contributed by atoms with E-state index in [9.17, 15) is 24.3 Å². The third kappa shape index (κ3) is 11.6. The maximum Gasteiger partial charge on any atom is 0.329 e. The number of ketones is 2. The minimum Gasteiger partial charge on any atom is -0.488 e.